The fraction of sp³-hybridized carbons (Fsp3) is 0.286. The van der Waals surface area contributed by atoms with Crippen LogP contribution in [0.3, 0.4) is 0 Å². The Morgan fingerprint density at radius 3 is 2.64 bits per heavy atom. The van der Waals surface area contributed by atoms with Crippen molar-refractivity contribution in [3.63, 3.8) is 0 Å². The van der Waals surface area contributed by atoms with Crippen molar-refractivity contribution in [2.75, 3.05) is 5.32 Å². The first-order chi connectivity index (χ1) is 10.5. The Labute approximate surface area is 131 Å². The molecule has 116 valence electrons. The number of amides is 1. The molecule has 8 heteroatoms. The van der Waals surface area contributed by atoms with E-state index in [1.165, 1.54) is 11.3 Å². The van der Waals surface area contributed by atoms with Crippen LogP contribution in [0.5, 0.6) is 5.75 Å². The zero-order valence-corrected chi connectivity index (χ0v) is 12.7. The monoisotopic (exact) mass is 321 g/mol. The van der Waals surface area contributed by atoms with Gasteiger partial charge in [-0.25, -0.2) is 0 Å². The Morgan fingerprint density at radius 2 is 1.95 bits per heavy atom. The number of carbonyl (C=O) groups is 2. The average Bonchev–Trinajstić information content (AvgIpc) is 2.92. The van der Waals surface area contributed by atoms with E-state index in [-0.39, 0.29) is 19.4 Å². The minimum atomic E-state index is -1.01. The number of aromatic nitrogens is 2. The number of carbonyl (C=O) groups excluding carboxylic acids is 1. The lowest BCUT2D eigenvalue weighted by atomic mass is 10.2. The van der Waals surface area contributed by atoms with Crippen LogP contribution in [0.25, 0.3) is 0 Å². The molecule has 2 rings (SSSR count). The first-order valence-electron chi connectivity index (χ1n) is 6.56. The minimum absolute atomic E-state index is 0.0931. The van der Waals surface area contributed by atoms with Crippen LogP contribution < -0.4 is 10.1 Å². The second kappa shape index (κ2) is 7.51. The van der Waals surface area contributed by atoms with E-state index < -0.39 is 11.9 Å². The van der Waals surface area contributed by atoms with Crippen LogP contribution in [0.2, 0.25) is 0 Å². The summed E-state index contributed by atoms with van der Waals surface area (Å²) in [6.07, 6.45) is -0.307. The Morgan fingerprint density at radius 1 is 1.23 bits per heavy atom. The molecule has 0 radical (unpaired) electrons. The number of benzene rings is 1. The maximum atomic E-state index is 11.5. The zero-order valence-electron chi connectivity index (χ0n) is 11.9. The van der Waals surface area contributed by atoms with Crippen molar-refractivity contribution in [3.05, 3.63) is 34.8 Å². The molecule has 0 aliphatic carbocycles. The first-order valence-corrected chi connectivity index (χ1v) is 7.38. The zero-order chi connectivity index (χ0) is 15.9. The molecule has 0 bridgehead atoms. The molecule has 22 heavy (non-hydrogen) atoms. The van der Waals surface area contributed by atoms with Gasteiger partial charge in [0.1, 0.15) is 12.4 Å². The molecule has 2 aromatic rings. The number of hydrogen-bond acceptors (Lipinski definition) is 6. The summed E-state index contributed by atoms with van der Waals surface area (Å²) in [5, 5.41) is 19.7. The van der Waals surface area contributed by atoms with E-state index in [9.17, 15) is 9.59 Å². The van der Waals surface area contributed by atoms with Crippen LogP contribution >= 0.6 is 11.3 Å². The number of rotatable bonds is 7. The molecule has 0 unspecified atom stereocenters. The second-order valence-electron chi connectivity index (χ2n) is 4.54. The van der Waals surface area contributed by atoms with Crippen LogP contribution in [-0.2, 0) is 16.2 Å². The van der Waals surface area contributed by atoms with Crippen LogP contribution in [0.15, 0.2) is 24.3 Å². The lowest BCUT2D eigenvalue weighted by molar-refractivity contribution is -0.138. The lowest BCUT2D eigenvalue weighted by Gasteiger charge is -2.03. The van der Waals surface area contributed by atoms with Crippen molar-refractivity contribution >= 4 is 28.3 Å². The number of ether oxygens (including phenoxy) is 1. The van der Waals surface area contributed by atoms with Gasteiger partial charge in [0.05, 0.1) is 6.42 Å². The predicted octanol–water partition coefficient (Wildman–Crippen LogP) is 2.23. The molecule has 0 atom stereocenters. The van der Waals surface area contributed by atoms with Crippen molar-refractivity contribution in [1.82, 2.24) is 10.2 Å². The highest BCUT2D eigenvalue weighted by atomic mass is 32.1. The Kier molecular flexibility index (Phi) is 5.42. The fourth-order valence-corrected chi connectivity index (χ4v) is 2.21. The number of nitrogens with zero attached hydrogens (tertiary/aromatic N) is 2. The van der Waals surface area contributed by atoms with Gasteiger partial charge in [0, 0.05) is 6.42 Å². The minimum Gasteiger partial charge on any atom is -0.486 e. The number of aryl methyl sites for hydroxylation is 1. The summed E-state index contributed by atoms with van der Waals surface area (Å²) in [6.45, 7) is 2.25. The Balaban J connectivity index is 1.82. The molecule has 1 aromatic heterocycles. The third-order valence-electron chi connectivity index (χ3n) is 2.66. The molecular formula is C14H15N3O4S. The normalized spacial score (nSPS) is 10.2. The molecule has 0 fully saturated rings. The van der Waals surface area contributed by atoms with Crippen molar-refractivity contribution < 1.29 is 19.4 Å². The van der Waals surface area contributed by atoms with Crippen molar-refractivity contribution in [2.45, 2.75) is 26.4 Å². The molecule has 0 aliphatic heterocycles. The molecule has 0 saturated carbocycles. The molecule has 1 amide bonds. The summed E-state index contributed by atoms with van der Waals surface area (Å²) in [5.74, 6) is -0.683. The smallest absolute Gasteiger partial charge is 0.303 e. The van der Waals surface area contributed by atoms with Gasteiger partial charge in [-0.3, -0.25) is 9.59 Å². The summed E-state index contributed by atoms with van der Waals surface area (Å²) in [4.78, 5) is 21.8. The summed E-state index contributed by atoms with van der Waals surface area (Å²) in [5.41, 5.74) is 1.15. The van der Waals surface area contributed by atoms with Gasteiger partial charge < -0.3 is 15.2 Å². The average molecular weight is 321 g/mol. The summed E-state index contributed by atoms with van der Waals surface area (Å²) in [6, 6.07) is 7.63. The van der Waals surface area contributed by atoms with Crippen LogP contribution in [0.4, 0.5) is 5.13 Å². The largest absolute Gasteiger partial charge is 0.486 e. The van der Waals surface area contributed by atoms with Crippen molar-refractivity contribution in [3.8, 4) is 5.75 Å². The molecule has 0 aliphatic rings. The number of carboxylic acids is 1. The molecule has 1 aromatic carbocycles. The van der Waals surface area contributed by atoms with E-state index in [0.717, 1.165) is 11.3 Å². The van der Waals surface area contributed by atoms with Gasteiger partial charge in [0.2, 0.25) is 11.0 Å². The topological polar surface area (TPSA) is 101 Å². The number of hydrogen-bond donors (Lipinski definition) is 2. The summed E-state index contributed by atoms with van der Waals surface area (Å²) < 4.78 is 5.56. The van der Waals surface area contributed by atoms with Crippen LogP contribution in [0, 0.1) is 6.92 Å². The van der Waals surface area contributed by atoms with E-state index >= 15 is 0 Å². The standard InChI is InChI=1S/C14H15N3O4S/c1-9-2-4-10(5-3-9)21-8-12-16-17-14(22-12)15-11(18)6-7-13(19)20/h2-5H,6-8H2,1H3,(H,19,20)(H,15,17,18). The number of nitrogens with one attached hydrogen (secondary N) is 1. The molecule has 0 spiro atoms. The van der Waals surface area contributed by atoms with Crippen molar-refractivity contribution in [2.24, 2.45) is 0 Å². The van der Waals surface area contributed by atoms with E-state index in [1.807, 2.05) is 31.2 Å². The third kappa shape index (κ3) is 5.13. The highest BCUT2D eigenvalue weighted by Crippen LogP contribution is 2.18. The quantitative estimate of drug-likeness (QED) is 0.811. The predicted molar refractivity (Wildman–Crippen MR) is 80.9 cm³/mol. The van der Waals surface area contributed by atoms with Gasteiger partial charge >= 0.3 is 5.97 Å². The second-order valence-corrected chi connectivity index (χ2v) is 5.61. The van der Waals surface area contributed by atoms with E-state index in [1.54, 1.807) is 0 Å². The van der Waals surface area contributed by atoms with Gasteiger partial charge in [-0.2, -0.15) is 0 Å². The maximum Gasteiger partial charge on any atom is 0.303 e. The Bertz CT molecular complexity index is 654. The van der Waals surface area contributed by atoms with Gasteiger partial charge in [-0.05, 0) is 19.1 Å². The molecular weight excluding hydrogens is 306 g/mol. The van der Waals surface area contributed by atoms with E-state index in [2.05, 4.69) is 15.5 Å². The summed E-state index contributed by atoms with van der Waals surface area (Å²) in [7, 11) is 0. The van der Waals surface area contributed by atoms with E-state index in [0.29, 0.717) is 10.1 Å². The number of anilines is 1. The summed E-state index contributed by atoms with van der Waals surface area (Å²) >= 11 is 1.19. The molecule has 1 heterocycles. The van der Waals surface area contributed by atoms with Gasteiger partial charge in [-0.15, -0.1) is 10.2 Å². The highest BCUT2D eigenvalue weighted by molar-refractivity contribution is 7.15. The van der Waals surface area contributed by atoms with Crippen LogP contribution in [-0.4, -0.2) is 27.2 Å². The van der Waals surface area contributed by atoms with Crippen LogP contribution in [0.1, 0.15) is 23.4 Å². The number of carboxylic acid groups (broad SMARTS) is 1. The lowest BCUT2D eigenvalue weighted by Crippen LogP contribution is -2.12. The van der Waals surface area contributed by atoms with Crippen molar-refractivity contribution in [1.29, 1.82) is 0 Å². The van der Waals surface area contributed by atoms with E-state index in [4.69, 9.17) is 9.84 Å². The SMILES string of the molecule is Cc1ccc(OCc2nnc(NC(=O)CCC(=O)O)s2)cc1. The Hall–Kier alpha value is -2.48. The third-order valence-corrected chi connectivity index (χ3v) is 3.47. The maximum absolute atomic E-state index is 11.5. The molecule has 0 saturated heterocycles. The first kappa shape index (κ1) is 15.9. The molecule has 2 N–H and O–H groups in total. The number of aliphatic carboxylic acids is 1. The molecule has 7 nitrogen and oxygen atoms in total. The highest BCUT2D eigenvalue weighted by Gasteiger charge is 2.10. The van der Waals surface area contributed by atoms with Gasteiger partial charge in [-0.1, -0.05) is 29.0 Å². The fourth-order valence-electron chi connectivity index (χ4n) is 1.54. The van der Waals surface area contributed by atoms with Gasteiger partial charge in [0.25, 0.3) is 0 Å². The van der Waals surface area contributed by atoms with Gasteiger partial charge in [0.15, 0.2) is 5.01 Å².